The molecule has 0 saturated heterocycles. The summed E-state index contributed by atoms with van der Waals surface area (Å²) in [6, 6.07) is -0.389. The summed E-state index contributed by atoms with van der Waals surface area (Å²) in [6.45, 7) is 12.9. The summed E-state index contributed by atoms with van der Waals surface area (Å²) < 4.78 is 7.73. The zero-order valence-electron chi connectivity index (χ0n) is 12.7. The van der Waals surface area contributed by atoms with Crippen LogP contribution in [0.4, 0.5) is 0 Å². The van der Waals surface area contributed by atoms with Crippen LogP contribution in [0.1, 0.15) is 60.5 Å². The van der Waals surface area contributed by atoms with Gasteiger partial charge in [0, 0.05) is 12.1 Å². The van der Waals surface area contributed by atoms with Crippen molar-refractivity contribution < 1.29 is 4.42 Å². The van der Waals surface area contributed by atoms with Gasteiger partial charge >= 0.3 is 17.1 Å². The predicted octanol–water partition coefficient (Wildman–Crippen LogP) is 1.46. The Morgan fingerprint density at radius 1 is 1.00 bits per heavy atom. The number of hydrogen-bond acceptors (Lipinski definition) is 4. The highest BCUT2D eigenvalue weighted by Crippen LogP contribution is 2.05. The van der Waals surface area contributed by atoms with Crippen LogP contribution in [0.15, 0.2) is 19.0 Å². The minimum atomic E-state index is -0.667. The molecule has 0 saturated carbocycles. The van der Waals surface area contributed by atoms with E-state index in [0.29, 0.717) is 0 Å². The molecule has 108 valence electrons. The van der Waals surface area contributed by atoms with E-state index in [1.54, 1.807) is 13.8 Å². The molecule has 0 amide bonds. The van der Waals surface area contributed by atoms with Gasteiger partial charge in [0.15, 0.2) is 0 Å². The number of hydrogen-bond donors (Lipinski definition) is 0. The summed E-state index contributed by atoms with van der Waals surface area (Å²) >= 11 is 0. The first-order chi connectivity index (χ1) is 8.54. The maximum absolute atomic E-state index is 12.4. The van der Waals surface area contributed by atoms with E-state index in [-0.39, 0.29) is 23.5 Å². The Morgan fingerprint density at radius 2 is 1.47 bits per heavy atom. The first-order valence-electron chi connectivity index (χ1n) is 6.48. The molecule has 6 nitrogen and oxygen atoms in total. The number of nitrogens with zero attached hydrogens (tertiary/aromatic N) is 3. The molecule has 19 heavy (non-hydrogen) atoms. The van der Waals surface area contributed by atoms with E-state index in [2.05, 4.69) is 4.99 Å². The molecule has 1 aromatic rings. The van der Waals surface area contributed by atoms with E-state index in [1.807, 2.05) is 34.6 Å². The van der Waals surface area contributed by atoms with Crippen LogP contribution in [0.5, 0.6) is 0 Å². The molecule has 0 unspecified atom stereocenters. The SMILES string of the molecule is CC(C)n1c(=O)oc(=NC(C)(C)C)n(C(C)C)c1=O. The van der Waals surface area contributed by atoms with Crippen LogP contribution in [0.2, 0.25) is 0 Å². The van der Waals surface area contributed by atoms with Gasteiger partial charge < -0.3 is 4.42 Å². The van der Waals surface area contributed by atoms with Gasteiger partial charge in [-0.15, -0.1) is 0 Å². The van der Waals surface area contributed by atoms with E-state index in [4.69, 9.17) is 4.42 Å². The van der Waals surface area contributed by atoms with Crippen molar-refractivity contribution in [2.75, 3.05) is 0 Å². The molecule has 1 aromatic heterocycles. The van der Waals surface area contributed by atoms with Crippen molar-refractivity contribution in [1.29, 1.82) is 0 Å². The molecular weight excluding hydrogens is 246 g/mol. The Kier molecular flexibility index (Phi) is 4.22. The zero-order valence-corrected chi connectivity index (χ0v) is 12.7. The van der Waals surface area contributed by atoms with Crippen molar-refractivity contribution in [2.24, 2.45) is 4.99 Å². The Hall–Kier alpha value is -1.59. The van der Waals surface area contributed by atoms with Gasteiger partial charge in [-0.1, -0.05) is 0 Å². The Labute approximate surface area is 112 Å². The van der Waals surface area contributed by atoms with Crippen molar-refractivity contribution >= 4 is 0 Å². The topological polar surface area (TPSA) is 69.5 Å². The average molecular weight is 269 g/mol. The predicted molar refractivity (Wildman–Crippen MR) is 73.3 cm³/mol. The third kappa shape index (κ3) is 3.45. The Bertz CT molecular complexity index is 624. The second-order valence-corrected chi connectivity index (χ2v) is 6.14. The molecule has 6 heteroatoms. The Morgan fingerprint density at radius 3 is 1.84 bits per heavy atom. The number of aromatic nitrogens is 2. The van der Waals surface area contributed by atoms with Crippen LogP contribution >= 0.6 is 0 Å². The lowest BCUT2D eigenvalue weighted by Gasteiger charge is -2.16. The van der Waals surface area contributed by atoms with Gasteiger partial charge in [0.1, 0.15) is 0 Å². The third-order valence-corrected chi connectivity index (χ3v) is 2.46. The molecule has 0 bridgehead atoms. The van der Waals surface area contributed by atoms with E-state index in [1.165, 1.54) is 4.57 Å². The van der Waals surface area contributed by atoms with Crippen molar-refractivity contribution in [1.82, 2.24) is 9.13 Å². The van der Waals surface area contributed by atoms with Gasteiger partial charge in [0.05, 0.1) is 5.54 Å². The summed E-state index contributed by atoms with van der Waals surface area (Å²) in [5.74, 6) is -0.667. The molecule has 0 aliphatic heterocycles. The fourth-order valence-electron chi connectivity index (χ4n) is 1.69. The maximum Gasteiger partial charge on any atom is 0.426 e. The van der Waals surface area contributed by atoms with Gasteiger partial charge in [-0.25, -0.2) is 23.7 Å². The van der Waals surface area contributed by atoms with Crippen LogP contribution in [-0.2, 0) is 0 Å². The second kappa shape index (κ2) is 5.19. The van der Waals surface area contributed by atoms with E-state index in [9.17, 15) is 9.59 Å². The lowest BCUT2D eigenvalue weighted by molar-refractivity contribution is 0.274. The van der Waals surface area contributed by atoms with E-state index < -0.39 is 11.3 Å². The lowest BCUT2D eigenvalue weighted by atomic mass is 10.1. The summed E-state index contributed by atoms with van der Waals surface area (Å²) in [6.07, 6.45) is 0. The zero-order chi connectivity index (χ0) is 15.0. The van der Waals surface area contributed by atoms with Gasteiger partial charge in [0.25, 0.3) is 0 Å². The van der Waals surface area contributed by atoms with Crippen LogP contribution in [0, 0.1) is 0 Å². The monoisotopic (exact) mass is 269 g/mol. The quantitative estimate of drug-likeness (QED) is 0.816. The molecule has 0 aliphatic rings. The largest absolute Gasteiger partial charge is 0.426 e. The molecule has 0 aromatic carbocycles. The molecule has 0 atom stereocenters. The molecule has 0 radical (unpaired) electrons. The Balaban J connectivity index is 3.85. The van der Waals surface area contributed by atoms with Crippen molar-refractivity contribution in [3.05, 3.63) is 26.7 Å². The third-order valence-electron chi connectivity index (χ3n) is 2.46. The molecule has 1 heterocycles. The molecule has 1 rings (SSSR count). The summed E-state index contributed by atoms with van der Waals surface area (Å²) in [7, 11) is 0. The van der Waals surface area contributed by atoms with E-state index in [0.717, 1.165) is 4.57 Å². The maximum atomic E-state index is 12.4. The van der Waals surface area contributed by atoms with Crippen LogP contribution < -0.4 is 17.1 Å². The second-order valence-electron chi connectivity index (χ2n) is 6.14. The van der Waals surface area contributed by atoms with Gasteiger partial charge in [0.2, 0.25) is 0 Å². The molecule has 0 aliphatic carbocycles. The van der Waals surface area contributed by atoms with Gasteiger partial charge in [-0.05, 0) is 48.5 Å². The van der Waals surface area contributed by atoms with E-state index >= 15 is 0 Å². The smallest absolute Gasteiger partial charge is 0.375 e. The molecule has 0 spiro atoms. The van der Waals surface area contributed by atoms with Crippen molar-refractivity contribution in [3.63, 3.8) is 0 Å². The normalized spacial score (nSPS) is 13.6. The molecule has 0 N–H and O–H groups in total. The highest BCUT2D eigenvalue weighted by atomic mass is 16.4. The number of rotatable bonds is 2. The highest BCUT2D eigenvalue weighted by molar-refractivity contribution is 4.78. The van der Waals surface area contributed by atoms with Crippen molar-refractivity contribution in [2.45, 2.75) is 66.1 Å². The summed E-state index contributed by atoms with van der Waals surface area (Å²) in [4.78, 5) is 28.6. The average Bonchev–Trinajstić information content (AvgIpc) is 2.11. The minimum Gasteiger partial charge on any atom is -0.375 e. The van der Waals surface area contributed by atoms with Gasteiger partial charge in [-0.2, -0.15) is 0 Å². The highest BCUT2D eigenvalue weighted by Gasteiger charge is 2.17. The summed E-state index contributed by atoms with van der Waals surface area (Å²) in [5, 5.41) is 0. The first-order valence-corrected chi connectivity index (χ1v) is 6.48. The molecular formula is C13H23N3O3. The van der Waals surface area contributed by atoms with Crippen molar-refractivity contribution in [3.8, 4) is 0 Å². The van der Waals surface area contributed by atoms with Gasteiger partial charge in [-0.3, -0.25) is 0 Å². The van der Waals surface area contributed by atoms with Crippen LogP contribution in [-0.4, -0.2) is 14.7 Å². The first kappa shape index (κ1) is 15.5. The van der Waals surface area contributed by atoms with Crippen LogP contribution in [0.3, 0.4) is 0 Å². The molecule has 0 fully saturated rings. The fraction of sp³-hybridized carbons (Fsp3) is 0.769. The summed E-state index contributed by atoms with van der Waals surface area (Å²) in [5.41, 5.74) is -0.734. The minimum absolute atomic E-state index is 0.0781. The standard InChI is InChI=1S/C13H23N3O3/c1-8(2)15-10(14-13(5,6)7)19-12(18)16(9(3)4)11(15)17/h8-9H,1-7H3. The lowest BCUT2D eigenvalue weighted by Crippen LogP contribution is -2.48. The van der Waals surface area contributed by atoms with Crippen LogP contribution in [0.25, 0.3) is 0 Å². The fourth-order valence-corrected chi connectivity index (χ4v) is 1.69.